The number of anilines is 1. The van der Waals surface area contributed by atoms with E-state index in [2.05, 4.69) is 10.6 Å². The van der Waals surface area contributed by atoms with Crippen LogP contribution in [0.3, 0.4) is 0 Å². The van der Waals surface area contributed by atoms with E-state index in [1.165, 1.54) is 17.5 Å². The first kappa shape index (κ1) is 16.9. The second kappa shape index (κ2) is 7.23. The Kier molecular flexibility index (Phi) is 5.57. The van der Waals surface area contributed by atoms with E-state index in [1.807, 2.05) is 0 Å². The second-order valence-corrected chi connectivity index (χ2v) is 6.90. The van der Waals surface area contributed by atoms with Gasteiger partial charge in [0.05, 0.1) is 20.3 Å². The highest BCUT2D eigenvalue weighted by molar-refractivity contribution is 7.89. The zero-order valence-corrected chi connectivity index (χ0v) is 14.1. The predicted octanol–water partition coefficient (Wildman–Crippen LogP) is 0.632. The fourth-order valence-electron chi connectivity index (χ4n) is 2.08. The molecule has 1 fully saturated rings. The number of sulfonamides is 1. The first-order valence-electron chi connectivity index (χ1n) is 6.73. The summed E-state index contributed by atoms with van der Waals surface area (Å²) in [5.74, 6) is 0.299. The van der Waals surface area contributed by atoms with Crippen LogP contribution in [0.1, 0.15) is 0 Å². The molecule has 7 nitrogen and oxygen atoms in total. The summed E-state index contributed by atoms with van der Waals surface area (Å²) in [5.41, 5.74) is 0.576. The van der Waals surface area contributed by atoms with Crippen molar-refractivity contribution in [2.24, 2.45) is 0 Å². The molecule has 1 aliphatic heterocycles. The summed E-state index contributed by atoms with van der Waals surface area (Å²) in [4.78, 5) is 0.112. The Balaban J connectivity index is 2.38. The zero-order valence-electron chi connectivity index (χ0n) is 12.5. The maximum Gasteiger partial charge on any atom is 0.246 e. The molecule has 2 rings (SSSR count). The minimum atomic E-state index is -3.65. The fraction of sp³-hybridized carbons (Fsp3) is 0.462. The summed E-state index contributed by atoms with van der Waals surface area (Å²) < 4.78 is 37.4. The van der Waals surface area contributed by atoms with Crippen molar-refractivity contribution < 1.29 is 17.9 Å². The van der Waals surface area contributed by atoms with Crippen LogP contribution < -0.4 is 15.4 Å². The summed E-state index contributed by atoms with van der Waals surface area (Å²) >= 11 is 5.03. The lowest BCUT2D eigenvalue weighted by Crippen LogP contribution is -2.40. The van der Waals surface area contributed by atoms with Crippen LogP contribution in [0.15, 0.2) is 23.1 Å². The van der Waals surface area contributed by atoms with Crippen LogP contribution in [-0.2, 0) is 14.8 Å². The number of ether oxygens (including phenoxy) is 2. The quantitative estimate of drug-likeness (QED) is 0.775. The first-order valence-corrected chi connectivity index (χ1v) is 8.58. The van der Waals surface area contributed by atoms with Gasteiger partial charge in [-0.1, -0.05) is 0 Å². The van der Waals surface area contributed by atoms with Crippen molar-refractivity contribution >= 4 is 33.0 Å². The van der Waals surface area contributed by atoms with Crippen LogP contribution in [0.4, 0.5) is 5.69 Å². The van der Waals surface area contributed by atoms with Crippen molar-refractivity contribution in [3.05, 3.63) is 18.2 Å². The molecule has 122 valence electrons. The molecule has 9 heteroatoms. The van der Waals surface area contributed by atoms with Crippen molar-refractivity contribution in [1.82, 2.24) is 9.62 Å². The number of hydrogen-bond acceptors (Lipinski definition) is 5. The van der Waals surface area contributed by atoms with E-state index in [0.717, 1.165) is 0 Å². The highest BCUT2D eigenvalue weighted by atomic mass is 32.2. The molecule has 0 bridgehead atoms. The van der Waals surface area contributed by atoms with Crippen molar-refractivity contribution in [2.45, 2.75) is 4.90 Å². The Morgan fingerprint density at radius 1 is 1.36 bits per heavy atom. The molecular weight excluding hydrogens is 326 g/mol. The van der Waals surface area contributed by atoms with Crippen LogP contribution in [0.2, 0.25) is 0 Å². The van der Waals surface area contributed by atoms with Crippen LogP contribution in [0.25, 0.3) is 0 Å². The van der Waals surface area contributed by atoms with E-state index in [1.54, 1.807) is 19.2 Å². The van der Waals surface area contributed by atoms with Gasteiger partial charge in [-0.25, -0.2) is 8.42 Å². The number of rotatable bonds is 4. The Bertz CT molecular complexity index is 643. The van der Waals surface area contributed by atoms with E-state index < -0.39 is 10.0 Å². The van der Waals surface area contributed by atoms with Crippen molar-refractivity contribution in [1.29, 1.82) is 0 Å². The first-order chi connectivity index (χ1) is 10.5. The minimum Gasteiger partial charge on any atom is -0.495 e. The number of nitrogens with one attached hydrogen (secondary N) is 2. The van der Waals surface area contributed by atoms with Gasteiger partial charge >= 0.3 is 0 Å². The summed E-state index contributed by atoms with van der Waals surface area (Å²) in [6.45, 7) is 1.45. The molecule has 0 atom stereocenters. The molecule has 0 unspecified atom stereocenters. The third kappa shape index (κ3) is 3.67. The maximum absolute atomic E-state index is 12.8. The molecule has 22 heavy (non-hydrogen) atoms. The minimum absolute atomic E-state index is 0.112. The van der Waals surface area contributed by atoms with Gasteiger partial charge < -0.3 is 20.1 Å². The summed E-state index contributed by atoms with van der Waals surface area (Å²) in [5, 5.41) is 6.09. The number of morpholine rings is 1. The number of hydrogen-bond donors (Lipinski definition) is 2. The lowest BCUT2D eigenvalue weighted by atomic mass is 10.3. The van der Waals surface area contributed by atoms with Gasteiger partial charge in [0.15, 0.2) is 5.11 Å². The summed E-state index contributed by atoms with van der Waals surface area (Å²) in [7, 11) is -0.517. The van der Waals surface area contributed by atoms with Crippen LogP contribution >= 0.6 is 12.2 Å². The van der Waals surface area contributed by atoms with Crippen molar-refractivity contribution in [3.63, 3.8) is 0 Å². The Morgan fingerprint density at radius 3 is 2.64 bits per heavy atom. The van der Waals surface area contributed by atoms with Gasteiger partial charge in [0.25, 0.3) is 0 Å². The predicted molar refractivity (Wildman–Crippen MR) is 87.9 cm³/mol. The second-order valence-electron chi connectivity index (χ2n) is 4.59. The smallest absolute Gasteiger partial charge is 0.246 e. The van der Waals surface area contributed by atoms with Gasteiger partial charge in [0.2, 0.25) is 10.0 Å². The molecule has 0 spiro atoms. The van der Waals surface area contributed by atoms with Gasteiger partial charge in [0.1, 0.15) is 10.6 Å². The summed E-state index contributed by atoms with van der Waals surface area (Å²) in [6, 6.07) is 4.84. The van der Waals surface area contributed by atoms with Gasteiger partial charge in [0, 0.05) is 25.8 Å². The number of thiocarbonyl (C=S) groups is 1. The molecule has 1 aromatic rings. The van der Waals surface area contributed by atoms with Crippen molar-refractivity contribution in [2.75, 3.05) is 45.8 Å². The van der Waals surface area contributed by atoms with Gasteiger partial charge in [-0.3, -0.25) is 0 Å². The van der Waals surface area contributed by atoms with Crippen LogP contribution in [-0.4, -0.2) is 58.3 Å². The Morgan fingerprint density at radius 2 is 2.05 bits per heavy atom. The average Bonchev–Trinajstić information content (AvgIpc) is 2.55. The number of methoxy groups -OCH3 is 1. The largest absolute Gasteiger partial charge is 0.495 e. The topological polar surface area (TPSA) is 79.9 Å². The molecule has 1 aromatic carbocycles. The molecule has 1 heterocycles. The normalized spacial score (nSPS) is 16.1. The van der Waals surface area contributed by atoms with Gasteiger partial charge in [-0.05, 0) is 30.4 Å². The maximum atomic E-state index is 12.8. The van der Waals surface area contributed by atoms with E-state index >= 15 is 0 Å². The van der Waals surface area contributed by atoms with Crippen LogP contribution in [0.5, 0.6) is 5.75 Å². The van der Waals surface area contributed by atoms with Crippen molar-refractivity contribution in [3.8, 4) is 5.75 Å². The lowest BCUT2D eigenvalue weighted by Gasteiger charge is -2.26. The fourth-order valence-corrected chi connectivity index (χ4v) is 3.78. The van der Waals surface area contributed by atoms with Gasteiger partial charge in [-0.2, -0.15) is 4.31 Å². The van der Waals surface area contributed by atoms with E-state index in [4.69, 9.17) is 21.7 Å². The Hall–Kier alpha value is -1.42. The Labute approximate surface area is 135 Å². The summed E-state index contributed by atoms with van der Waals surface area (Å²) in [6.07, 6.45) is 0. The van der Waals surface area contributed by atoms with Crippen LogP contribution in [0, 0.1) is 0 Å². The third-order valence-electron chi connectivity index (χ3n) is 3.24. The zero-order chi connectivity index (χ0) is 16.2. The molecule has 0 radical (unpaired) electrons. The third-order valence-corrected chi connectivity index (χ3v) is 5.46. The molecule has 1 saturated heterocycles. The molecule has 0 saturated carbocycles. The molecule has 2 N–H and O–H groups in total. The highest BCUT2D eigenvalue weighted by Gasteiger charge is 2.29. The molecule has 0 aliphatic carbocycles. The average molecular weight is 345 g/mol. The molecule has 0 aromatic heterocycles. The molecule has 0 amide bonds. The monoisotopic (exact) mass is 345 g/mol. The molecular formula is C13H19N3O4S2. The van der Waals surface area contributed by atoms with E-state index in [9.17, 15) is 8.42 Å². The number of nitrogens with zero attached hydrogens (tertiary/aromatic N) is 1. The van der Waals surface area contributed by atoms with E-state index in [-0.39, 0.29) is 4.90 Å². The molecule has 1 aliphatic rings. The van der Waals surface area contributed by atoms with E-state index in [0.29, 0.717) is 42.9 Å². The SMILES string of the molecule is CNC(=S)Nc1ccc(OC)c(S(=O)(=O)N2CCOCC2)c1. The van der Waals surface area contributed by atoms with Gasteiger partial charge in [-0.15, -0.1) is 0 Å². The highest BCUT2D eigenvalue weighted by Crippen LogP contribution is 2.30. The number of benzene rings is 1. The lowest BCUT2D eigenvalue weighted by molar-refractivity contribution is 0.0729. The standard InChI is InChI=1S/C13H19N3O4S2/c1-14-13(21)15-10-3-4-11(19-2)12(9-10)22(17,18)16-5-7-20-8-6-16/h3-4,9H,5-8H2,1-2H3,(H2,14,15,21).